The van der Waals surface area contributed by atoms with E-state index in [2.05, 4.69) is 25.3 Å². The van der Waals surface area contributed by atoms with Gasteiger partial charge in [-0.25, -0.2) is 14.6 Å². The minimum absolute atomic E-state index is 0.0106. The van der Waals surface area contributed by atoms with Crippen molar-refractivity contribution in [2.75, 3.05) is 0 Å². The zero-order valence-corrected chi connectivity index (χ0v) is 20.3. The third kappa shape index (κ3) is 6.03. The second kappa shape index (κ2) is 10.7. The molecule has 0 aromatic carbocycles. The number of ether oxygens (including phenoxy) is 3. The van der Waals surface area contributed by atoms with Gasteiger partial charge in [-0.2, -0.15) is 4.98 Å². The number of hydrogen-bond acceptors (Lipinski definition) is 9. The maximum absolute atomic E-state index is 11.4. The molecule has 3 heterocycles. The van der Waals surface area contributed by atoms with E-state index in [9.17, 15) is 9.90 Å². The van der Waals surface area contributed by atoms with Crippen LogP contribution in [0.25, 0.3) is 11.4 Å². The molecule has 1 aliphatic rings. The molecular weight excluding hydrogens is 452 g/mol. The van der Waals surface area contributed by atoms with Crippen LogP contribution in [0.15, 0.2) is 24.4 Å². The number of carbonyl (C=O) groups is 1. The zero-order chi connectivity index (χ0) is 24.9. The fourth-order valence-corrected chi connectivity index (χ4v) is 4.03. The van der Waals surface area contributed by atoms with Crippen LogP contribution >= 0.6 is 0 Å². The minimum atomic E-state index is -0.759. The SMILES string of the molecule is Cc1nc(-c2nnn(C)c2COc2nccc(OC(C)C)n2)ccc1O[C@H]1CCC[C@H](C(=O)O)C1. The van der Waals surface area contributed by atoms with Gasteiger partial charge in [-0.3, -0.25) is 4.79 Å². The molecule has 0 bridgehead atoms. The molecule has 1 saturated carbocycles. The van der Waals surface area contributed by atoms with Crippen LogP contribution in [0.1, 0.15) is 50.9 Å². The van der Waals surface area contributed by atoms with Crippen molar-refractivity contribution in [1.29, 1.82) is 0 Å². The third-order valence-corrected chi connectivity index (χ3v) is 5.79. The van der Waals surface area contributed by atoms with Crippen LogP contribution in [-0.2, 0) is 18.4 Å². The quantitative estimate of drug-likeness (QED) is 0.484. The molecule has 1 N–H and O–H groups in total. The standard InChI is InChI=1S/C24H30N6O5/c1-14(2)34-21-10-11-25-24(27-21)33-13-19-22(28-29-30(19)4)18-8-9-20(15(3)26-18)35-17-7-5-6-16(12-17)23(31)32/h8-11,14,16-17H,5-7,12-13H2,1-4H3,(H,31,32)/t16-,17-/m0/s1. The topological polar surface area (TPSA) is 134 Å². The van der Waals surface area contributed by atoms with E-state index in [-0.39, 0.29) is 30.7 Å². The summed E-state index contributed by atoms with van der Waals surface area (Å²) in [5.41, 5.74) is 2.62. The Morgan fingerprint density at radius 1 is 1.23 bits per heavy atom. The molecule has 1 aliphatic carbocycles. The molecule has 0 amide bonds. The molecule has 35 heavy (non-hydrogen) atoms. The van der Waals surface area contributed by atoms with Crippen molar-refractivity contribution in [3.8, 4) is 29.0 Å². The molecule has 0 radical (unpaired) electrons. The average molecular weight is 483 g/mol. The molecule has 4 rings (SSSR count). The van der Waals surface area contributed by atoms with Gasteiger partial charge in [0.2, 0.25) is 5.88 Å². The first-order valence-electron chi connectivity index (χ1n) is 11.7. The van der Waals surface area contributed by atoms with Crippen molar-refractivity contribution in [1.82, 2.24) is 29.9 Å². The summed E-state index contributed by atoms with van der Waals surface area (Å²) >= 11 is 0. The summed E-state index contributed by atoms with van der Waals surface area (Å²) in [6, 6.07) is 5.53. The van der Waals surface area contributed by atoms with Gasteiger partial charge in [0.05, 0.1) is 29.5 Å². The van der Waals surface area contributed by atoms with E-state index in [0.717, 1.165) is 12.8 Å². The number of carboxylic acids is 1. The Bertz CT molecular complexity index is 1180. The lowest BCUT2D eigenvalue weighted by Crippen LogP contribution is -2.29. The monoisotopic (exact) mass is 482 g/mol. The van der Waals surface area contributed by atoms with Crippen LogP contribution in [0.3, 0.4) is 0 Å². The van der Waals surface area contributed by atoms with E-state index in [4.69, 9.17) is 14.2 Å². The molecule has 0 spiro atoms. The molecule has 0 saturated heterocycles. The largest absolute Gasteiger partial charge is 0.489 e. The first-order chi connectivity index (χ1) is 16.8. The van der Waals surface area contributed by atoms with Crippen molar-refractivity contribution in [3.63, 3.8) is 0 Å². The third-order valence-electron chi connectivity index (χ3n) is 5.79. The maximum atomic E-state index is 11.4. The fourth-order valence-electron chi connectivity index (χ4n) is 4.03. The Hall–Kier alpha value is -3.76. The number of nitrogens with zero attached hydrogens (tertiary/aromatic N) is 6. The van der Waals surface area contributed by atoms with Crippen molar-refractivity contribution >= 4 is 5.97 Å². The lowest BCUT2D eigenvalue weighted by atomic mass is 9.87. The number of rotatable bonds is 9. The van der Waals surface area contributed by atoms with E-state index in [1.807, 2.05) is 32.9 Å². The highest BCUT2D eigenvalue weighted by Gasteiger charge is 2.28. The Balaban J connectivity index is 1.46. The Kier molecular flexibility index (Phi) is 7.42. The van der Waals surface area contributed by atoms with E-state index >= 15 is 0 Å². The summed E-state index contributed by atoms with van der Waals surface area (Å²) in [5, 5.41) is 17.7. The van der Waals surface area contributed by atoms with Crippen LogP contribution in [0.2, 0.25) is 0 Å². The van der Waals surface area contributed by atoms with Crippen LogP contribution in [0.5, 0.6) is 17.6 Å². The molecule has 0 unspecified atom stereocenters. The normalized spacial score (nSPS) is 17.9. The van der Waals surface area contributed by atoms with Gasteiger partial charge in [0.1, 0.15) is 23.7 Å². The van der Waals surface area contributed by atoms with E-state index in [1.165, 1.54) is 0 Å². The molecular formula is C24H30N6O5. The van der Waals surface area contributed by atoms with Gasteiger partial charge in [-0.1, -0.05) is 5.21 Å². The van der Waals surface area contributed by atoms with E-state index in [0.29, 0.717) is 47.2 Å². The highest BCUT2D eigenvalue weighted by Crippen LogP contribution is 2.30. The smallest absolute Gasteiger partial charge is 0.320 e. The number of aliphatic carboxylic acids is 1. The highest BCUT2D eigenvalue weighted by molar-refractivity contribution is 5.70. The van der Waals surface area contributed by atoms with E-state index in [1.54, 1.807) is 24.0 Å². The average Bonchev–Trinajstić information content (AvgIpc) is 3.19. The van der Waals surface area contributed by atoms with Crippen LogP contribution in [-0.4, -0.2) is 53.2 Å². The van der Waals surface area contributed by atoms with Crippen molar-refractivity contribution in [2.24, 2.45) is 13.0 Å². The summed E-state index contributed by atoms with van der Waals surface area (Å²) < 4.78 is 19.1. The van der Waals surface area contributed by atoms with E-state index < -0.39 is 5.97 Å². The molecule has 3 aromatic rings. The summed E-state index contributed by atoms with van der Waals surface area (Å²) in [6.45, 7) is 5.84. The summed E-state index contributed by atoms with van der Waals surface area (Å²) in [4.78, 5) is 24.4. The van der Waals surface area contributed by atoms with Gasteiger partial charge in [0.25, 0.3) is 0 Å². The summed E-state index contributed by atoms with van der Waals surface area (Å²) in [6.07, 6.45) is 4.32. The van der Waals surface area contributed by atoms with Gasteiger partial charge in [-0.05, 0) is 58.6 Å². The number of aryl methyl sites for hydroxylation is 2. The molecule has 11 heteroatoms. The van der Waals surface area contributed by atoms with Gasteiger partial charge in [0.15, 0.2) is 0 Å². The van der Waals surface area contributed by atoms with Gasteiger partial charge in [-0.15, -0.1) is 5.10 Å². The number of aromatic nitrogens is 6. The van der Waals surface area contributed by atoms with Crippen molar-refractivity contribution in [2.45, 2.75) is 65.3 Å². The molecule has 3 aromatic heterocycles. The summed E-state index contributed by atoms with van der Waals surface area (Å²) in [7, 11) is 1.78. The Labute approximate surface area is 203 Å². The van der Waals surface area contributed by atoms with Crippen LogP contribution in [0, 0.1) is 12.8 Å². The lowest BCUT2D eigenvalue weighted by molar-refractivity contribution is -0.143. The predicted octanol–water partition coefficient (Wildman–Crippen LogP) is 3.36. The van der Waals surface area contributed by atoms with Crippen LogP contribution < -0.4 is 14.2 Å². The number of pyridine rings is 1. The second-order valence-corrected chi connectivity index (χ2v) is 8.86. The zero-order valence-electron chi connectivity index (χ0n) is 20.3. The fraction of sp³-hybridized carbons (Fsp3) is 0.500. The van der Waals surface area contributed by atoms with Crippen LogP contribution in [0.4, 0.5) is 0 Å². The van der Waals surface area contributed by atoms with Crippen molar-refractivity contribution < 1.29 is 24.1 Å². The molecule has 186 valence electrons. The number of carboxylic acid groups (broad SMARTS) is 1. The van der Waals surface area contributed by atoms with Crippen molar-refractivity contribution in [3.05, 3.63) is 35.8 Å². The molecule has 11 nitrogen and oxygen atoms in total. The minimum Gasteiger partial charge on any atom is -0.489 e. The van der Waals surface area contributed by atoms with Gasteiger partial charge < -0.3 is 19.3 Å². The van der Waals surface area contributed by atoms with Gasteiger partial charge in [0, 0.05) is 19.3 Å². The predicted molar refractivity (Wildman–Crippen MR) is 125 cm³/mol. The maximum Gasteiger partial charge on any atom is 0.320 e. The molecule has 1 fully saturated rings. The highest BCUT2D eigenvalue weighted by atomic mass is 16.5. The first-order valence-corrected chi connectivity index (χ1v) is 11.7. The lowest BCUT2D eigenvalue weighted by Gasteiger charge is -2.27. The first kappa shape index (κ1) is 24.4. The number of hydrogen-bond donors (Lipinski definition) is 1. The van der Waals surface area contributed by atoms with Gasteiger partial charge >= 0.3 is 12.0 Å². The molecule has 2 atom stereocenters. The summed E-state index contributed by atoms with van der Waals surface area (Å²) in [5.74, 6) is -0.0359. The second-order valence-electron chi connectivity index (χ2n) is 8.86. The molecule has 0 aliphatic heterocycles. The Morgan fingerprint density at radius 3 is 2.80 bits per heavy atom. The Morgan fingerprint density at radius 2 is 2.06 bits per heavy atom.